The van der Waals surface area contributed by atoms with Crippen LogP contribution in [0.4, 0.5) is 11.5 Å². The smallest absolute Gasteiger partial charge is 0.191 e. The number of pyridine rings is 1. The van der Waals surface area contributed by atoms with E-state index in [0.717, 1.165) is 11.4 Å². The minimum atomic E-state index is 0.352. The highest BCUT2D eigenvalue weighted by molar-refractivity contribution is 7.98. The van der Waals surface area contributed by atoms with Crippen LogP contribution < -0.4 is 10.6 Å². The van der Waals surface area contributed by atoms with Gasteiger partial charge in [-0.2, -0.15) is 0 Å². The van der Waals surface area contributed by atoms with E-state index in [1.54, 1.807) is 6.20 Å². The lowest BCUT2D eigenvalue weighted by Crippen LogP contribution is -2.09. The number of hydrogen-bond donors (Lipinski definition) is 1. The molecule has 2 rings (SSSR count). The Hall–Kier alpha value is -1.53. The summed E-state index contributed by atoms with van der Waals surface area (Å²) in [5, 5.41) is 0.909. The molecule has 19 heavy (non-hydrogen) atoms. The van der Waals surface area contributed by atoms with Crippen molar-refractivity contribution in [3.05, 3.63) is 35.2 Å². The molecule has 0 aromatic carbocycles. The summed E-state index contributed by atoms with van der Waals surface area (Å²) in [5.74, 6) is 1.04. The zero-order chi connectivity index (χ0) is 13.8. The molecule has 0 aliphatic carbocycles. The second-order valence-corrected chi connectivity index (χ2v) is 5.42. The molecule has 0 saturated heterocycles. The van der Waals surface area contributed by atoms with E-state index < -0.39 is 0 Å². The van der Waals surface area contributed by atoms with Crippen LogP contribution in [0, 0.1) is 0 Å². The molecule has 0 aliphatic heterocycles. The highest BCUT2D eigenvalue weighted by Crippen LogP contribution is 2.22. The quantitative estimate of drug-likeness (QED) is 0.531. The van der Waals surface area contributed by atoms with Gasteiger partial charge in [0.25, 0.3) is 0 Å². The Morgan fingerprint density at radius 1 is 1.32 bits per heavy atom. The topological polar surface area (TPSA) is 67.9 Å². The van der Waals surface area contributed by atoms with Gasteiger partial charge < -0.3 is 10.6 Å². The number of thioether (sulfide) groups is 1. The van der Waals surface area contributed by atoms with Crippen molar-refractivity contribution in [1.29, 1.82) is 0 Å². The molecule has 0 bridgehead atoms. The summed E-state index contributed by atoms with van der Waals surface area (Å²) < 4.78 is 0. The maximum absolute atomic E-state index is 5.83. The van der Waals surface area contributed by atoms with Crippen molar-refractivity contribution < 1.29 is 0 Å². The minimum absolute atomic E-state index is 0.352. The lowest BCUT2D eigenvalue weighted by atomic mass is 10.3. The average Bonchev–Trinajstić information content (AvgIpc) is 2.35. The first-order valence-electron chi connectivity index (χ1n) is 5.59. The predicted molar refractivity (Wildman–Crippen MR) is 79.6 cm³/mol. The van der Waals surface area contributed by atoms with Crippen LogP contribution in [0.3, 0.4) is 0 Å². The van der Waals surface area contributed by atoms with Gasteiger partial charge in [0.15, 0.2) is 5.16 Å². The molecule has 0 saturated carbocycles. The molecule has 100 valence electrons. The van der Waals surface area contributed by atoms with Gasteiger partial charge in [0.1, 0.15) is 11.0 Å². The third kappa shape index (κ3) is 3.97. The van der Waals surface area contributed by atoms with Gasteiger partial charge in [-0.25, -0.2) is 9.97 Å². The van der Waals surface area contributed by atoms with Crippen LogP contribution in [0.5, 0.6) is 0 Å². The molecule has 0 unspecified atom stereocenters. The summed E-state index contributed by atoms with van der Waals surface area (Å²) in [7, 11) is 3.99. The summed E-state index contributed by atoms with van der Waals surface area (Å²) >= 11 is 7.29. The second-order valence-electron chi connectivity index (χ2n) is 4.09. The van der Waals surface area contributed by atoms with Gasteiger partial charge >= 0.3 is 0 Å². The van der Waals surface area contributed by atoms with Crippen LogP contribution in [-0.2, 0) is 5.75 Å². The molecule has 2 aromatic rings. The van der Waals surface area contributed by atoms with E-state index in [-0.39, 0.29) is 0 Å². The third-order valence-electron chi connectivity index (χ3n) is 2.36. The van der Waals surface area contributed by atoms with Crippen LogP contribution in [-0.4, -0.2) is 29.0 Å². The van der Waals surface area contributed by atoms with E-state index in [2.05, 4.69) is 15.0 Å². The number of anilines is 2. The van der Waals surface area contributed by atoms with Crippen molar-refractivity contribution in [2.24, 2.45) is 0 Å². The maximum atomic E-state index is 5.83. The largest absolute Gasteiger partial charge is 0.384 e. The minimum Gasteiger partial charge on any atom is -0.384 e. The first kappa shape index (κ1) is 13.9. The first-order chi connectivity index (χ1) is 9.04. The molecule has 2 aromatic heterocycles. The molecule has 2 N–H and O–H groups in total. The SMILES string of the molecule is CN(C)c1ccnc(CSc2nc(N)cc(Cl)n2)c1. The molecule has 0 radical (unpaired) electrons. The lowest BCUT2D eigenvalue weighted by molar-refractivity contribution is 0.973. The van der Waals surface area contributed by atoms with Gasteiger partial charge in [-0.05, 0) is 12.1 Å². The molecule has 0 spiro atoms. The normalized spacial score (nSPS) is 10.5. The van der Waals surface area contributed by atoms with E-state index in [1.807, 2.05) is 31.1 Å². The molecule has 0 fully saturated rings. The van der Waals surface area contributed by atoms with E-state index in [0.29, 0.717) is 21.9 Å². The monoisotopic (exact) mass is 295 g/mol. The lowest BCUT2D eigenvalue weighted by Gasteiger charge is -2.12. The molecular formula is C12H14ClN5S. The fourth-order valence-corrected chi connectivity index (χ4v) is 2.45. The van der Waals surface area contributed by atoms with Gasteiger partial charge in [0.05, 0.1) is 5.69 Å². The Labute approximate surface area is 121 Å². The highest BCUT2D eigenvalue weighted by atomic mass is 35.5. The van der Waals surface area contributed by atoms with Crippen LogP contribution >= 0.6 is 23.4 Å². The van der Waals surface area contributed by atoms with Gasteiger partial charge in [0, 0.05) is 37.8 Å². The Kier molecular flexibility index (Phi) is 4.44. The van der Waals surface area contributed by atoms with Gasteiger partial charge in [-0.1, -0.05) is 23.4 Å². The summed E-state index contributed by atoms with van der Waals surface area (Å²) in [6.07, 6.45) is 1.79. The highest BCUT2D eigenvalue weighted by Gasteiger charge is 2.04. The first-order valence-corrected chi connectivity index (χ1v) is 6.96. The Bertz CT molecular complexity index is 556. The summed E-state index contributed by atoms with van der Waals surface area (Å²) in [6.45, 7) is 0. The van der Waals surface area contributed by atoms with Crippen LogP contribution in [0.15, 0.2) is 29.6 Å². The van der Waals surface area contributed by atoms with E-state index in [1.165, 1.54) is 17.8 Å². The maximum Gasteiger partial charge on any atom is 0.191 e. The van der Waals surface area contributed by atoms with E-state index in [4.69, 9.17) is 17.3 Å². The fourth-order valence-electron chi connectivity index (χ4n) is 1.44. The molecule has 0 amide bonds. The molecule has 2 heterocycles. The zero-order valence-electron chi connectivity index (χ0n) is 10.7. The van der Waals surface area contributed by atoms with Gasteiger partial charge in [-0.3, -0.25) is 4.98 Å². The van der Waals surface area contributed by atoms with E-state index >= 15 is 0 Å². The Balaban J connectivity index is 2.07. The van der Waals surface area contributed by atoms with Crippen molar-refractivity contribution in [3.8, 4) is 0 Å². The van der Waals surface area contributed by atoms with Crippen LogP contribution in [0.2, 0.25) is 5.15 Å². The second kappa shape index (κ2) is 6.08. The molecule has 7 heteroatoms. The number of aromatic nitrogens is 3. The number of halogens is 1. The van der Waals surface area contributed by atoms with Gasteiger partial charge in [-0.15, -0.1) is 0 Å². The van der Waals surface area contributed by atoms with Crippen molar-refractivity contribution >= 4 is 34.9 Å². The summed E-state index contributed by atoms with van der Waals surface area (Å²) in [5.41, 5.74) is 7.69. The number of rotatable bonds is 4. The molecular weight excluding hydrogens is 282 g/mol. The number of nitrogens with zero attached hydrogens (tertiary/aromatic N) is 4. The predicted octanol–water partition coefficient (Wildman–Crippen LogP) is 2.47. The Morgan fingerprint density at radius 3 is 2.79 bits per heavy atom. The van der Waals surface area contributed by atoms with Crippen molar-refractivity contribution in [2.75, 3.05) is 24.7 Å². The number of nitrogens with two attached hydrogens (primary N) is 1. The Morgan fingerprint density at radius 2 is 2.11 bits per heavy atom. The van der Waals surface area contributed by atoms with Crippen LogP contribution in [0.25, 0.3) is 0 Å². The van der Waals surface area contributed by atoms with Gasteiger partial charge in [0.2, 0.25) is 0 Å². The standard InChI is InChI=1S/C12H14ClN5S/c1-18(2)9-3-4-15-8(5-9)7-19-12-16-10(13)6-11(14)17-12/h3-6H,7H2,1-2H3,(H2,14,16,17). The average molecular weight is 296 g/mol. The van der Waals surface area contributed by atoms with E-state index in [9.17, 15) is 0 Å². The summed E-state index contributed by atoms with van der Waals surface area (Å²) in [6, 6.07) is 5.51. The zero-order valence-corrected chi connectivity index (χ0v) is 12.2. The van der Waals surface area contributed by atoms with Crippen molar-refractivity contribution in [2.45, 2.75) is 10.9 Å². The summed E-state index contributed by atoms with van der Waals surface area (Å²) in [4.78, 5) is 14.6. The molecule has 0 aliphatic rings. The third-order valence-corrected chi connectivity index (χ3v) is 3.43. The fraction of sp³-hybridized carbons (Fsp3) is 0.250. The molecule has 0 atom stereocenters. The molecule has 5 nitrogen and oxygen atoms in total. The van der Waals surface area contributed by atoms with Crippen molar-refractivity contribution in [3.63, 3.8) is 0 Å². The number of nitrogen functional groups attached to an aromatic ring is 1. The number of hydrogen-bond acceptors (Lipinski definition) is 6. The van der Waals surface area contributed by atoms with Crippen LogP contribution in [0.1, 0.15) is 5.69 Å². The van der Waals surface area contributed by atoms with Crippen molar-refractivity contribution in [1.82, 2.24) is 15.0 Å².